The van der Waals surface area contributed by atoms with Crippen LogP contribution in [0.3, 0.4) is 0 Å². The number of rotatable bonds is 5. The van der Waals surface area contributed by atoms with E-state index in [9.17, 15) is 18.0 Å². The molecule has 0 amide bonds. The third-order valence-corrected chi connectivity index (χ3v) is 6.81. The van der Waals surface area contributed by atoms with Crippen LogP contribution >= 0.6 is 0 Å². The van der Waals surface area contributed by atoms with Crippen molar-refractivity contribution in [1.29, 1.82) is 0 Å². The summed E-state index contributed by atoms with van der Waals surface area (Å²) in [5.74, 6) is -1.11. The SMILES string of the molecule is Cc1ccc(C)c(C(=O)COC(=O)CN2c3cccc4cccc(c34)S2(=O)=O)c1. The second-order valence-electron chi connectivity index (χ2n) is 7.05. The third-order valence-electron chi connectivity index (χ3n) is 5.01. The fourth-order valence-corrected chi connectivity index (χ4v) is 5.21. The van der Waals surface area contributed by atoms with Crippen LogP contribution in [0.2, 0.25) is 0 Å². The van der Waals surface area contributed by atoms with Gasteiger partial charge in [-0.2, -0.15) is 0 Å². The Morgan fingerprint density at radius 3 is 2.48 bits per heavy atom. The lowest BCUT2D eigenvalue weighted by Crippen LogP contribution is -2.34. The molecule has 148 valence electrons. The molecule has 0 aromatic heterocycles. The van der Waals surface area contributed by atoms with Gasteiger partial charge in [-0.15, -0.1) is 0 Å². The summed E-state index contributed by atoms with van der Waals surface area (Å²) in [5, 5.41) is 1.37. The summed E-state index contributed by atoms with van der Waals surface area (Å²) in [7, 11) is -3.85. The summed E-state index contributed by atoms with van der Waals surface area (Å²) in [6.07, 6.45) is 0. The molecule has 0 radical (unpaired) electrons. The van der Waals surface area contributed by atoms with Crippen LogP contribution in [-0.4, -0.2) is 33.3 Å². The molecular weight excluding hydrogens is 390 g/mol. The Morgan fingerprint density at radius 1 is 1.00 bits per heavy atom. The van der Waals surface area contributed by atoms with Crippen molar-refractivity contribution >= 4 is 38.2 Å². The van der Waals surface area contributed by atoms with Crippen LogP contribution in [-0.2, 0) is 19.6 Å². The summed E-state index contributed by atoms with van der Waals surface area (Å²) in [6.45, 7) is 2.76. The van der Waals surface area contributed by atoms with Crippen molar-refractivity contribution in [3.05, 3.63) is 71.3 Å². The van der Waals surface area contributed by atoms with E-state index in [-0.39, 0.29) is 10.7 Å². The van der Waals surface area contributed by atoms with Gasteiger partial charge in [0, 0.05) is 10.9 Å². The number of hydrogen-bond acceptors (Lipinski definition) is 5. The number of hydrogen-bond donors (Lipinski definition) is 0. The van der Waals surface area contributed by atoms with Gasteiger partial charge < -0.3 is 4.74 Å². The van der Waals surface area contributed by atoms with E-state index in [2.05, 4.69) is 0 Å². The monoisotopic (exact) mass is 409 g/mol. The average Bonchev–Trinajstić information content (AvgIpc) is 2.91. The minimum atomic E-state index is -3.85. The molecule has 1 heterocycles. The molecule has 0 atom stereocenters. The molecule has 0 bridgehead atoms. The second-order valence-corrected chi connectivity index (χ2v) is 8.88. The van der Waals surface area contributed by atoms with Crippen molar-refractivity contribution in [2.45, 2.75) is 18.7 Å². The molecule has 7 heteroatoms. The van der Waals surface area contributed by atoms with E-state index in [0.29, 0.717) is 16.6 Å². The Morgan fingerprint density at radius 2 is 1.72 bits per heavy atom. The Hall–Kier alpha value is -3.19. The highest BCUT2D eigenvalue weighted by Gasteiger charge is 2.37. The van der Waals surface area contributed by atoms with E-state index >= 15 is 0 Å². The molecule has 0 spiro atoms. The smallest absolute Gasteiger partial charge is 0.327 e. The predicted octanol–water partition coefficient (Wildman–Crippen LogP) is 3.39. The number of anilines is 1. The van der Waals surface area contributed by atoms with Crippen LogP contribution in [0.5, 0.6) is 0 Å². The molecule has 1 aliphatic heterocycles. The number of benzene rings is 3. The molecule has 6 nitrogen and oxygen atoms in total. The predicted molar refractivity (Wildman–Crippen MR) is 110 cm³/mol. The quantitative estimate of drug-likeness (QED) is 0.477. The lowest BCUT2D eigenvalue weighted by atomic mass is 10.0. The number of carbonyl (C=O) groups excluding carboxylic acids is 2. The van der Waals surface area contributed by atoms with Crippen LogP contribution in [0.15, 0.2) is 59.5 Å². The zero-order chi connectivity index (χ0) is 20.8. The van der Waals surface area contributed by atoms with Crippen LogP contribution in [0, 0.1) is 13.8 Å². The number of carbonyl (C=O) groups is 2. The fraction of sp³-hybridized carbons (Fsp3) is 0.182. The molecule has 0 aliphatic carbocycles. The first kappa shape index (κ1) is 19.1. The van der Waals surface area contributed by atoms with Crippen molar-refractivity contribution in [3.8, 4) is 0 Å². The van der Waals surface area contributed by atoms with Gasteiger partial charge in [-0.3, -0.25) is 13.9 Å². The number of esters is 1. The maximum absolute atomic E-state index is 12.9. The summed E-state index contributed by atoms with van der Waals surface area (Å²) >= 11 is 0. The Labute approximate surface area is 168 Å². The number of nitrogens with zero attached hydrogens (tertiary/aromatic N) is 1. The highest BCUT2D eigenvalue weighted by molar-refractivity contribution is 7.93. The van der Waals surface area contributed by atoms with Gasteiger partial charge in [0.1, 0.15) is 6.54 Å². The maximum atomic E-state index is 12.9. The van der Waals surface area contributed by atoms with Crippen molar-refractivity contribution in [2.24, 2.45) is 0 Å². The molecule has 29 heavy (non-hydrogen) atoms. The lowest BCUT2D eigenvalue weighted by molar-refractivity contribution is -0.140. The minimum absolute atomic E-state index is 0.171. The zero-order valence-corrected chi connectivity index (χ0v) is 16.8. The van der Waals surface area contributed by atoms with Gasteiger partial charge in [0.15, 0.2) is 6.61 Å². The van der Waals surface area contributed by atoms with Crippen molar-refractivity contribution in [2.75, 3.05) is 17.5 Å². The number of Topliss-reactive ketones (excluding diaryl/α,β-unsaturated/α-hetero) is 1. The standard InChI is InChI=1S/C22H19NO5S/c1-14-9-10-15(2)17(11-14)19(24)13-28-21(25)12-23-18-7-3-5-16-6-4-8-20(22(16)18)29(23,26)27/h3-11H,12-13H2,1-2H3. The van der Waals surface area contributed by atoms with E-state index < -0.39 is 29.1 Å². The minimum Gasteiger partial charge on any atom is -0.456 e. The molecule has 0 fully saturated rings. The molecular formula is C22H19NO5S. The summed E-state index contributed by atoms with van der Waals surface area (Å²) in [4.78, 5) is 24.9. The molecule has 4 rings (SSSR count). The van der Waals surface area contributed by atoms with Crippen LogP contribution in [0.4, 0.5) is 5.69 Å². The Balaban J connectivity index is 1.52. The van der Waals surface area contributed by atoms with Crippen LogP contribution < -0.4 is 4.31 Å². The first-order chi connectivity index (χ1) is 13.8. The number of ketones is 1. The van der Waals surface area contributed by atoms with Gasteiger partial charge in [0.05, 0.1) is 10.6 Å². The van der Waals surface area contributed by atoms with Crippen molar-refractivity contribution in [1.82, 2.24) is 0 Å². The van der Waals surface area contributed by atoms with Gasteiger partial charge in [0.2, 0.25) is 5.78 Å². The first-order valence-electron chi connectivity index (χ1n) is 9.09. The number of sulfonamides is 1. The molecule has 0 saturated carbocycles. The third kappa shape index (κ3) is 3.27. The van der Waals surface area contributed by atoms with Gasteiger partial charge in [0.25, 0.3) is 10.0 Å². The number of aryl methyl sites for hydroxylation is 2. The normalized spacial score (nSPS) is 14.2. The largest absolute Gasteiger partial charge is 0.456 e. The van der Waals surface area contributed by atoms with Crippen molar-refractivity contribution in [3.63, 3.8) is 0 Å². The van der Waals surface area contributed by atoms with E-state index in [1.54, 1.807) is 24.3 Å². The van der Waals surface area contributed by atoms with E-state index in [4.69, 9.17) is 4.74 Å². The molecule has 3 aromatic carbocycles. The molecule has 0 unspecified atom stereocenters. The molecule has 0 N–H and O–H groups in total. The van der Waals surface area contributed by atoms with Crippen LogP contribution in [0.1, 0.15) is 21.5 Å². The average molecular weight is 409 g/mol. The topological polar surface area (TPSA) is 80.8 Å². The fourth-order valence-electron chi connectivity index (χ4n) is 3.55. The van der Waals surface area contributed by atoms with Gasteiger partial charge in [-0.05, 0) is 43.0 Å². The van der Waals surface area contributed by atoms with E-state index in [1.165, 1.54) is 6.07 Å². The molecule has 1 aliphatic rings. The molecule has 0 saturated heterocycles. The molecule has 3 aromatic rings. The van der Waals surface area contributed by atoms with Crippen LogP contribution in [0.25, 0.3) is 10.8 Å². The number of ether oxygens (including phenoxy) is 1. The van der Waals surface area contributed by atoms with Crippen molar-refractivity contribution < 1.29 is 22.7 Å². The van der Waals surface area contributed by atoms with E-state index in [1.807, 2.05) is 38.1 Å². The Bertz CT molecular complexity index is 1260. The summed E-state index contributed by atoms with van der Waals surface area (Å²) in [5.41, 5.74) is 2.65. The summed E-state index contributed by atoms with van der Waals surface area (Å²) in [6, 6.07) is 15.7. The zero-order valence-electron chi connectivity index (χ0n) is 16.0. The second kappa shape index (κ2) is 7.00. The maximum Gasteiger partial charge on any atom is 0.327 e. The van der Waals surface area contributed by atoms with Gasteiger partial charge in [-0.1, -0.05) is 42.0 Å². The highest BCUT2D eigenvalue weighted by atomic mass is 32.2. The summed E-state index contributed by atoms with van der Waals surface area (Å²) < 4.78 is 31.9. The van der Waals surface area contributed by atoms with E-state index in [0.717, 1.165) is 20.8 Å². The highest BCUT2D eigenvalue weighted by Crippen LogP contribution is 2.41. The van der Waals surface area contributed by atoms with Gasteiger partial charge >= 0.3 is 5.97 Å². The Kier molecular flexibility index (Phi) is 4.62. The lowest BCUT2D eigenvalue weighted by Gasteiger charge is -2.17. The first-order valence-corrected chi connectivity index (χ1v) is 10.5. The van der Waals surface area contributed by atoms with Gasteiger partial charge in [-0.25, -0.2) is 8.42 Å².